The van der Waals surface area contributed by atoms with E-state index < -0.39 is 18.0 Å². The Morgan fingerprint density at radius 3 is 2.17 bits per heavy atom. The number of nitrogens with one attached hydrogen (secondary N) is 3. The first-order valence-electron chi connectivity index (χ1n) is 13.8. The molecule has 0 aliphatic carbocycles. The van der Waals surface area contributed by atoms with Crippen LogP contribution >= 0.6 is 0 Å². The Bertz CT molecular complexity index is 1190. The van der Waals surface area contributed by atoms with Crippen molar-refractivity contribution < 1.29 is 19.2 Å². The van der Waals surface area contributed by atoms with Crippen LogP contribution in [0.1, 0.15) is 55.7 Å². The zero-order chi connectivity index (χ0) is 28.5. The van der Waals surface area contributed by atoms with Crippen LogP contribution in [0.15, 0.2) is 60.7 Å². The van der Waals surface area contributed by atoms with Crippen LogP contribution in [-0.4, -0.2) is 59.7 Å². The van der Waals surface area contributed by atoms with Gasteiger partial charge in [0.05, 0.1) is 12.6 Å². The van der Waals surface area contributed by atoms with Crippen molar-refractivity contribution in [1.82, 2.24) is 20.9 Å². The van der Waals surface area contributed by atoms with Gasteiger partial charge in [-0.1, -0.05) is 60.7 Å². The minimum Gasteiger partial charge on any atom is -0.356 e. The van der Waals surface area contributed by atoms with Crippen molar-refractivity contribution in [1.29, 1.82) is 0 Å². The van der Waals surface area contributed by atoms with Crippen LogP contribution < -0.4 is 21.7 Å². The highest BCUT2D eigenvalue weighted by Gasteiger charge is 2.47. The molecule has 2 aliphatic rings. The lowest BCUT2D eigenvalue weighted by atomic mass is 9.93. The zero-order valence-corrected chi connectivity index (χ0v) is 22.6. The van der Waals surface area contributed by atoms with Crippen LogP contribution in [0.4, 0.5) is 0 Å². The molecule has 0 spiro atoms. The number of carbonyl (C=O) groups is 4. The molecule has 9 heteroatoms. The number of benzene rings is 2. The SMILES string of the molecule is C#CCCC(=O)NCC1CCC2CCC(C(=O)NC(c3ccccc3)c3ccccc3)N2C(=O)C1NC(=O)CN. The second-order valence-corrected chi connectivity index (χ2v) is 10.4. The highest BCUT2D eigenvalue weighted by molar-refractivity contribution is 5.94. The molecule has 0 aromatic heterocycles. The molecule has 4 rings (SSSR count). The minimum absolute atomic E-state index is 0.130. The van der Waals surface area contributed by atoms with Gasteiger partial charge in [0, 0.05) is 31.3 Å². The molecular weight excluding hydrogens is 506 g/mol. The minimum atomic E-state index is -0.901. The second-order valence-electron chi connectivity index (χ2n) is 10.4. The Labute approximate surface area is 235 Å². The first-order chi connectivity index (χ1) is 19.4. The molecule has 40 heavy (non-hydrogen) atoms. The molecule has 2 saturated heterocycles. The molecule has 2 heterocycles. The summed E-state index contributed by atoms with van der Waals surface area (Å²) in [4.78, 5) is 54.0. The van der Waals surface area contributed by atoms with E-state index in [1.54, 1.807) is 4.90 Å². The van der Waals surface area contributed by atoms with E-state index in [-0.39, 0.29) is 55.2 Å². The number of amides is 4. The summed E-state index contributed by atoms with van der Waals surface area (Å²) in [5, 5.41) is 8.81. The van der Waals surface area contributed by atoms with E-state index in [0.717, 1.165) is 11.1 Å². The average Bonchev–Trinajstić information content (AvgIpc) is 3.37. The summed E-state index contributed by atoms with van der Waals surface area (Å²) >= 11 is 0. The van der Waals surface area contributed by atoms with Gasteiger partial charge in [-0.25, -0.2) is 0 Å². The number of nitrogens with zero attached hydrogens (tertiary/aromatic N) is 1. The van der Waals surface area contributed by atoms with Crippen LogP contribution in [-0.2, 0) is 19.2 Å². The molecule has 2 aliphatic heterocycles. The maximum atomic E-state index is 14.0. The van der Waals surface area contributed by atoms with Gasteiger partial charge >= 0.3 is 0 Å². The van der Waals surface area contributed by atoms with E-state index in [0.29, 0.717) is 32.1 Å². The van der Waals surface area contributed by atoms with Crippen molar-refractivity contribution in [2.45, 2.75) is 62.7 Å². The predicted octanol–water partition coefficient (Wildman–Crippen LogP) is 1.63. The Morgan fingerprint density at radius 1 is 0.950 bits per heavy atom. The smallest absolute Gasteiger partial charge is 0.246 e. The fraction of sp³-hybridized carbons (Fsp3) is 0.419. The Kier molecular flexibility index (Phi) is 9.92. The standard InChI is InChI=1S/C31H37N5O4/c1-2-3-14-26(37)33-20-23-15-16-24-17-18-25(36(24)31(40)29(23)34-27(38)19-32)30(39)35-28(21-10-6-4-7-11-21)22-12-8-5-9-13-22/h1,4-13,23-25,28-29H,3,14-20,32H2,(H,33,37)(H,34,38)(H,35,39). The van der Waals surface area contributed by atoms with Crippen molar-refractivity contribution in [3.05, 3.63) is 71.8 Å². The molecule has 2 fully saturated rings. The normalized spacial score (nSPS) is 22.1. The molecule has 0 bridgehead atoms. The fourth-order valence-electron chi connectivity index (χ4n) is 5.73. The molecule has 2 aromatic rings. The molecule has 9 nitrogen and oxygen atoms in total. The molecule has 5 N–H and O–H groups in total. The van der Waals surface area contributed by atoms with E-state index >= 15 is 0 Å². The Hall–Kier alpha value is -4.16. The molecule has 0 saturated carbocycles. The summed E-state index contributed by atoms with van der Waals surface area (Å²) in [6.45, 7) is -0.0552. The summed E-state index contributed by atoms with van der Waals surface area (Å²) in [7, 11) is 0. The first kappa shape index (κ1) is 28.8. The molecule has 4 unspecified atom stereocenters. The fourth-order valence-corrected chi connectivity index (χ4v) is 5.73. The highest BCUT2D eigenvalue weighted by Crippen LogP contribution is 2.34. The molecule has 2 aromatic carbocycles. The summed E-state index contributed by atoms with van der Waals surface area (Å²) < 4.78 is 0. The number of carbonyl (C=O) groups excluding carboxylic acids is 4. The van der Waals surface area contributed by atoms with Gasteiger partial charge in [0.15, 0.2) is 0 Å². The highest BCUT2D eigenvalue weighted by atomic mass is 16.2. The summed E-state index contributed by atoms with van der Waals surface area (Å²) in [5.41, 5.74) is 7.43. The summed E-state index contributed by atoms with van der Waals surface area (Å²) in [5.74, 6) is 0.878. The first-order valence-corrected chi connectivity index (χ1v) is 13.8. The van der Waals surface area contributed by atoms with E-state index in [9.17, 15) is 19.2 Å². The van der Waals surface area contributed by atoms with Crippen LogP contribution in [0.2, 0.25) is 0 Å². The van der Waals surface area contributed by atoms with E-state index in [4.69, 9.17) is 12.2 Å². The lowest BCUT2D eigenvalue weighted by Gasteiger charge is -2.33. The van der Waals surface area contributed by atoms with Gasteiger partial charge in [0.1, 0.15) is 12.1 Å². The van der Waals surface area contributed by atoms with Gasteiger partial charge in [-0.3, -0.25) is 19.2 Å². The number of hydrogen-bond donors (Lipinski definition) is 4. The predicted molar refractivity (Wildman–Crippen MR) is 151 cm³/mol. The summed E-state index contributed by atoms with van der Waals surface area (Å²) in [6.07, 6.45) is 8.25. The lowest BCUT2D eigenvalue weighted by molar-refractivity contribution is -0.143. The van der Waals surface area contributed by atoms with Crippen molar-refractivity contribution in [3.63, 3.8) is 0 Å². The van der Waals surface area contributed by atoms with Crippen LogP contribution in [0.5, 0.6) is 0 Å². The van der Waals surface area contributed by atoms with Crippen molar-refractivity contribution >= 4 is 23.6 Å². The number of terminal acetylenes is 1. The van der Waals surface area contributed by atoms with Crippen LogP contribution in [0, 0.1) is 18.3 Å². The van der Waals surface area contributed by atoms with Gasteiger partial charge < -0.3 is 26.6 Å². The maximum Gasteiger partial charge on any atom is 0.246 e. The topological polar surface area (TPSA) is 134 Å². The monoisotopic (exact) mass is 543 g/mol. The third kappa shape index (κ3) is 6.88. The third-order valence-corrected chi connectivity index (χ3v) is 7.78. The molecule has 0 radical (unpaired) electrons. The number of nitrogens with two attached hydrogens (primary N) is 1. The zero-order valence-electron chi connectivity index (χ0n) is 22.6. The van der Waals surface area contributed by atoms with Gasteiger partial charge in [-0.15, -0.1) is 12.3 Å². The Balaban J connectivity index is 1.55. The third-order valence-electron chi connectivity index (χ3n) is 7.78. The molecule has 4 amide bonds. The summed E-state index contributed by atoms with van der Waals surface area (Å²) in [6, 6.07) is 17.3. The largest absolute Gasteiger partial charge is 0.356 e. The average molecular weight is 544 g/mol. The van der Waals surface area contributed by atoms with Crippen molar-refractivity contribution in [3.8, 4) is 12.3 Å². The number of hydrogen-bond acceptors (Lipinski definition) is 5. The number of rotatable bonds is 10. The number of fused-ring (bicyclic) bond motifs is 1. The second kappa shape index (κ2) is 13.8. The molecule has 4 atom stereocenters. The van der Waals surface area contributed by atoms with Crippen molar-refractivity contribution in [2.24, 2.45) is 11.7 Å². The maximum absolute atomic E-state index is 14.0. The quantitative estimate of drug-likeness (QED) is 0.338. The van der Waals surface area contributed by atoms with Gasteiger partial charge in [-0.05, 0) is 36.8 Å². The van der Waals surface area contributed by atoms with Gasteiger partial charge in [0.25, 0.3) is 0 Å². The van der Waals surface area contributed by atoms with E-state index in [1.807, 2.05) is 60.7 Å². The molecular formula is C31H37N5O4. The van der Waals surface area contributed by atoms with Gasteiger partial charge in [-0.2, -0.15) is 0 Å². The van der Waals surface area contributed by atoms with Crippen molar-refractivity contribution in [2.75, 3.05) is 13.1 Å². The van der Waals surface area contributed by atoms with Crippen LogP contribution in [0.25, 0.3) is 0 Å². The van der Waals surface area contributed by atoms with Gasteiger partial charge in [0.2, 0.25) is 23.6 Å². The molecule has 210 valence electrons. The van der Waals surface area contributed by atoms with Crippen LogP contribution in [0.3, 0.4) is 0 Å². The Morgan fingerprint density at radius 2 is 1.57 bits per heavy atom. The van der Waals surface area contributed by atoms with E-state index in [1.165, 1.54) is 0 Å². The lowest BCUT2D eigenvalue weighted by Crippen LogP contribution is -2.58. The van der Waals surface area contributed by atoms with E-state index in [2.05, 4.69) is 21.9 Å².